The molecule has 0 heterocycles. The highest BCUT2D eigenvalue weighted by Gasteiger charge is 2.41. The standard InChI is InChI=1S/C24H32O4/c1-15(11-12-24(5)17(3)8-10-21(26)18(24)4)7-9-19-22(28-6)13-16(2)20(14-25)23(19)27/h7,11-14,17-18,27H,8-10H2,1-6H3/b12-11+,15-7+/t17-,18+,24+/m1/s1. The lowest BCUT2D eigenvalue weighted by molar-refractivity contribution is -0.129. The quantitative estimate of drug-likeness (QED) is 0.540. The number of ketones is 1. The Morgan fingerprint density at radius 2 is 2.07 bits per heavy atom. The Morgan fingerprint density at radius 1 is 1.39 bits per heavy atom. The maximum absolute atomic E-state index is 12.2. The molecule has 1 N–H and O–H groups in total. The summed E-state index contributed by atoms with van der Waals surface area (Å²) >= 11 is 0. The average molecular weight is 385 g/mol. The number of carbonyl (C=O) groups excluding carboxylic acids is 2. The molecule has 0 radical (unpaired) electrons. The molecule has 1 saturated carbocycles. The van der Waals surface area contributed by atoms with E-state index in [0.717, 1.165) is 12.0 Å². The van der Waals surface area contributed by atoms with E-state index in [9.17, 15) is 14.7 Å². The molecule has 0 unspecified atom stereocenters. The van der Waals surface area contributed by atoms with Crippen LogP contribution in [0, 0.1) is 24.2 Å². The molecule has 4 nitrogen and oxygen atoms in total. The van der Waals surface area contributed by atoms with Crippen molar-refractivity contribution in [3.63, 3.8) is 0 Å². The number of aromatic hydroxyl groups is 1. The van der Waals surface area contributed by atoms with Gasteiger partial charge in [0.1, 0.15) is 17.3 Å². The smallest absolute Gasteiger partial charge is 0.154 e. The molecule has 1 aliphatic carbocycles. The lowest BCUT2D eigenvalue weighted by Crippen LogP contribution is -2.40. The Labute approximate surface area is 168 Å². The predicted molar refractivity (Wildman–Crippen MR) is 112 cm³/mol. The number of methoxy groups -OCH3 is 1. The fourth-order valence-corrected chi connectivity index (χ4v) is 3.97. The van der Waals surface area contributed by atoms with Crippen LogP contribution in [0.2, 0.25) is 0 Å². The lowest BCUT2D eigenvalue weighted by Gasteiger charge is -2.42. The van der Waals surface area contributed by atoms with Crippen molar-refractivity contribution < 1.29 is 19.4 Å². The van der Waals surface area contributed by atoms with Gasteiger partial charge in [0.2, 0.25) is 0 Å². The maximum atomic E-state index is 12.2. The Kier molecular flexibility index (Phi) is 6.87. The Hall–Kier alpha value is -2.36. The third kappa shape index (κ3) is 4.21. The monoisotopic (exact) mass is 384 g/mol. The number of rotatable bonds is 6. The number of phenolic OH excluding ortho intramolecular Hbond substituents is 1. The van der Waals surface area contributed by atoms with Crippen LogP contribution in [-0.2, 0) is 11.2 Å². The van der Waals surface area contributed by atoms with E-state index >= 15 is 0 Å². The van der Waals surface area contributed by atoms with Crippen molar-refractivity contribution in [1.82, 2.24) is 0 Å². The van der Waals surface area contributed by atoms with Gasteiger partial charge in [-0.1, -0.05) is 44.6 Å². The van der Waals surface area contributed by atoms with Crippen molar-refractivity contribution >= 4 is 12.1 Å². The molecule has 28 heavy (non-hydrogen) atoms. The van der Waals surface area contributed by atoms with E-state index in [2.05, 4.69) is 26.0 Å². The molecule has 1 aliphatic rings. The number of carbonyl (C=O) groups is 2. The van der Waals surface area contributed by atoms with Gasteiger partial charge in [0, 0.05) is 17.9 Å². The summed E-state index contributed by atoms with van der Waals surface area (Å²) < 4.78 is 5.39. The van der Waals surface area contributed by atoms with Crippen LogP contribution in [-0.4, -0.2) is 24.3 Å². The van der Waals surface area contributed by atoms with Crippen LogP contribution in [0.5, 0.6) is 11.5 Å². The van der Waals surface area contributed by atoms with Crippen molar-refractivity contribution in [2.75, 3.05) is 7.11 Å². The molecule has 1 aromatic carbocycles. The van der Waals surface area contributed by atoms with Crippen LogP contribution >= 0.6 is 0 Å². The maximum Gasteiger partial charge on any atom is 0.154 e. The third-order valence-electron chi connectivity index (χ3n) is 6.58. The van der Waals surface area contributed by atoms with Gasteiger partial charge in [-0.05, 0) is 49.7 Å². The molecule has 0 amide bonds. The van der Waals surface area contributed by atoms with Crippen molar-refractivity contribution in [2.45, 2.75) is 53.9 Å². The summed E-state index contributed by atoms with van der Waals surface area (Å²) in [5.41, 5.74) is 2.47. The van der Waals surface area contributed by atoms with Crippen LogP contribution in [0.3, 0.4) is 0 Å². The summed E-state index contributed by atoms with van der Waals surface area (Å²) in [6.45, 7) is 10.2. The summed E-state index contributed by atoms with van der Waals surface area (Å²) in [5, 5.41) is 10.5. The molecule has 1 aromatic rings. The molecule has 1 fully saturated rings. The minimum absolute atomic E-state index is 0.0108. The number of ether oxygens (including phenoxy) is 1. The molecule has 3 atom stereocenters. The first kappa shape index (κ1) is 21.9. The first-order valence-corrected chi connectivity index (χ1v) is 9.89. The highest BCUT2D eigenvalue weighted by molar-refractivity contribution is 5.83. The third-order valence-corrected chi connectivity index (χ3v) is 6.58. The highest BCUT2D eigenvalue weighted by atomic mass is 16.5. The van der Waals surface area contributed by atoms with E-state index in [0.29, 0.717) is 53.3 Å². The van der Waals surface area contributed by atoms with Crippen LogP contribution in [0.4, 0.5) is 0 Å². The Balaban J connectivity index is 2.27. The first-order chi connectivity index (χ1) is 13.2. The number of hydrogen-bond acceptors (Lipinski definition) is 4. The highest BCUT2D eigenvalue weighted by Crippen LogP contribution is 2.44. The first-order valence-electron chi connectivity index (χ1n) is 9.89. The summed E-state index contributed by atoms with van der Waals surface area (Å²) in [6.07, 6.45) is 8.95. The topological polar surface area (TPSA) is 63.6 Å². The minimum atomic E-state index is -0.154. The molecule has 0 aliphatic heterocycles. The second kappa shape index (κ2) is 8.76. The number of allylic oxidation sites excluding steroid dienone is 4. The number of Topliss-reactive ketones (excluding diaryl/α,β-unsaturated/α-hetero) is 1. The summed E-state index contributed by atoms with van der Waals surface area (Å²) in [7, 11) is 1.55. The van der Waals surface area contributed by atoms with Crippen molar-refractivity contribution in [2.24, 2.45) is 17.3 Å². The number of benzene rings is 1. The van der Waals surface area contributed by atoms with Crippen LogP contribution in [0.25, 0.3) is 0 Å². The van der Waals surface area contributed by atoms with Crippen molar-refractivity contribution in [3.05, 3.63) is 46.6 Å². The van der Waals surface area contributed by atoms with Crippen LogP contribution < -0.4 is 4.74 Å². The molecule has 0 saturated heterocycles. The molecule has 0 bridgehead atoms. The van der Waals surface area contributed by atoms with Crippen molar-refractivity contribution in [3.8, 4) is 11.5 Å². The average Bonchev–Trinajstić information content (AvgIpc) is 2.67. The van der Waals surface area contributed by atoms with E-state index in [1.807, 2.05) is 19.9 Å². The van der Waals surface area contributed by atoms with Gasteiger partial charge in [0.25, 0.3) is 0 Å². The van der Waals surface area contributed by atoms with Gasteiger partial charge in [-0.2, -0.15) is 0 Å². The van der Waals surface area contributed by atoms with E-state index < -0.39 is 0 Å². The largest absolute Gasteiger partial charge is 0.507 e. The Morgan fingerprint density at radius 3 is 2.68 bits per heavy atom. The van der Waals surface area contributed by atoms with Crippen LogP contribution in [0.1, 0.15) is 62.0 Å². The summed E-state index contributed by atoms with van der Waals surface area (Å²) in [6, 6.07) is 1.77. The molecule has 0 spiro atoms. The molecule has 2 rings (SSSR count). The van der Waals surface area contributed by atoms with Crippen molar-refractivity contribution in [1.29, 1.82) is 0 Å². The zero-order chi connectivity index (χ0) is 21.1. The van der Waals surface area contributed by atoms with Gasteiger partial charge in [-0.3, -0.25) is 9.59 Å². The second-order valence-corrected chi connectivity index (χ2v) is 8.23. The minimum Gasteiger partial charge on any atom is -0.507 e. The van der Waals surface area contributed by atoms with E-state index in [1.54, 1.807) is 20.1 Å². The summed E-state index contributed by atoms with van der Waals surface area (Å²) in [5.74, 6) is 1.34. The van der Waals surface area contributed by atoms with Gasteiger partial charge < -0.3 is 9.84 Å². The van der Waals surface area contributed by atoms with E-state index in [1.165, 1.54) is 0 Å². The van der Waals surface area contributed by atoms with Gasteiger partial charge >= 0.3 is 0 Å². The number of aldehydes is 1. The van der Waals surface area contributed by atoms with Gasteiger partial charge in [-0.15, -0.1) is 0 Å². The molecule has 0 aromatic heterocycles. The zero-order valence-electron chi connectivity index (χ0n) is 17.8. The van der Waals surface area contributed by atoms with E-state index in [-0.39, 0.29) is 17.1 Å². The number of phenols is 1. The second-order valence-electron chi connectivity index (χ2n) is 8.23. The molecular formula is C24H32O4. The zero-order valence-corrected chi connectivity index (χ0v) is 17.8. The fourth-order valence-electron chi connectivity index (χ4n) is 3.97. The fraction of sp³-hybridized carbons (Fsp3) is 0.500. The normalized spacial score (nSPS) is 25.9. The Bertz CT molecular complexity index is 818. The van der Waals surface area contributed by atoms with Gasteiger partial charge in [-0.25, -0.2) is 0 Å². The number of aryl methyl sites for hydroxylation is 1. The number of hydrogen-bond donors (Lipinski definition) is 1. The van der Waals surface area contributed by atoms with Gasteiger partial charge in [0.05, 0.1) is 12.7 Å². The molecule has 152 valence electrons. The van der Waals surface area contributed by atoms with Gasteiger partial charge in [0.15, 0.2) is 6.29 Å². The molecule has 4 heteroatoms. The van der Waals surface area contributed by atoms with E-state index in [4.69, 9.17) is 4.74 Å². The van der Waals surface area contributed by atoms with Crippen LogP contribution in [0.15, 0.2) is 29.9 Å². The molecular weight excluding hydrogens is 352 g/mol. The SMILES string of the molecule is COc1cc(C)c(C=O)c(O)c1C/C=C(C)/C=C/[C@@]1(C)[C@H](C)CCC(=O)[C@@H]1C. The lowest BCUT2D eigenvalue weighted by atomic mass is 9.61. The summed E-state index contributed by atoms with van der Waals surface area (Å²) in [4.78, 5) is 23.5. The predicted octanol–water partition coefficient (Wildman–Crippen LogP) is 5.21.